The summed E-state index contributed by atoms with van der Waals surface area (Å²) in [7, 11) is 0. The highest BCUT2D eigenvalue weighted by molar-refractivity contribution is 7.99. The molecule has 0 saturated carbocycles. The van der Waals surface area contributed by atoms with Crippen LogP contribution in [0.4, 0.5) is 8.78 Å². The van der Waals surface area contributed by atoms with Gasteiger partial charge in [-0.25, -0.2) is 8.78 Å². The van der Waals surface area contributed by atoms with Crippen molar-refractivity contribution in [3.63, 3.8) is 0 Å². The molecule has 3 N–H and O–H groups in total. The number of halogens is 2. The number of carbonyl (C=O) groups is 2. The number of hydrogen-bond acceptors (Lipinski definition) is 5. The number of hydrogen-bond donors (Lipinski definition) is 2. The van der Waals surface area contributed by atoms with Gasteiger partial charge in [-0.05, 0) is 36.4 Å². The standard InChI is InChI=1S/C18H15F2N5O2S/c19-11-5-7-12(8-6-11)25-17(13-3-1-2-4-14(13)20)23-24-18(25)28-10-16(27)22-9-15(21)26/h1-8H,9-10H2,(H2,21,26)(H,22,27). The fourth-order valence-corrected chi connectivity index (χ4v) is 3.15. The van der Waals surface area contributed by atoms with Crippen LogP contribution in [0.15, 0.2) is 53.7 Å². The van der Waals surface area contributed by atoms with Gasteiger partial charge >= 0.3 is 0 Å². The number of thioether (sulfide) groups is 1. The normalized spacial score (nSPS) is 10.6. The molecule has 0 aliphatic rings. The molecule has 0 fully saturated rings. The summed E-state index contributed by atoms with van der Waals surface area (Å²) in [5, 5.41) is 10.8. The Morgan fingerprint density at radius 1 is 1.07 bits per heavy atom. The second-order valence-corrected chi connectivity index (χ2v) is 6.57. The maximum atomic E-state index is 14.3. The highest BCUT2D eigenvalue weighted by Crippen LogP contribution is 2.29. The van der Waals surface area contributed by atoms with Crippen LogP contribution in [0.2, 0.25) is 0 Å². The van der Waals surface area contributed by atoms with E-state index >= 15 is 0 Å². The van der Waals surface area contributed by atoms with Gasteiger partial charge in [0.05, 0.1) is 17.9 Å². The van der Waals surface area contributed by atoms with Gasteiger partial charge in [-0.3, -0.25) is 14.2 Å². The summed E-state index contributed by atoms with van der Waals surface area (Å²) in [5.74, 6) is -1.85. The number of amides is 2. The molecular weight excluding hydrogens is 388 g/mol. The summed E-state index contributed by atoms with van der Waals surface area (Å²) in [4.78, 5) is 22.6. The van der Waals surface area contributed by atoms with Gasteiger partial charge in [0.1, 0.15) is 11.6 Å². The molecule has 10 heteroatoms. The number of carbonyl (C=O) groups excluding carboxylic acids is 2. The molecule has 28 heavy (non-hydrogen) atoms. The topological polar surface area (TPSA) is 103 Å². The lowest BCUT2D eigenvalue weighted by Crippen LogP contribution is -2.34. The minimum Gasteiger partial charge on any atom is -0.368 e. The Hall–Kier alpha value is -3.27. The summed E-state index contributed by atoms with van der Waals surface area (Å²) in [5.41, 5.74) is 5.71. The third kappa shape index (κ3) is 4.52. The Kier molecular flexibility index (Phi) is 5.99. The van der Waals surface area contributed by atoms with Gasteiger partial charge in [0, 0.05) is 5.69 Å². The third-order valence-electron chi connectivity index (χ3n) is 3.63. The second kappa shape index (κ2) is 8.61. The summed E-state index contributed by atoms with van der Waals surface area (Å²) >= 11 is 1.04. The van der Waals surface area contributed by atoms with Crippen LogP contribution in [0, 0.1) is 11.6 Å². The van der Waals surface area contributed by atoms with Gasteiger partial charge in [-0.15, -0.1) is 10.2 Å². The molecule has 3 aromatic rings. The van der Waals surface area contributed by atoms with E-state index in [9.17, 15) is 18.4 Å². The molecule has 0 aliphatic heterocycles. The van der Waals surface area contributed by atoms with Crippen molar-refractivity contribution in [1.29, 1.82) is 0 Å². The number of rotatable bonds is 7. The minimum absolute atomic E-state index is 0.0656. The Balaban J connectivity index is 1.94. The molecule has 1 aromatic heterocycles. The highest BCUT2D eigenvalue weighted by atomic mass is 32.2. The van der Waals surface area contributed by atoms with Gasteiger partial charge < -0.3 is 11.1 Å². The number of benzene rings is 2. The van der Waals surface area contributed by atoms with Gasteiger partial charge in [-0.2, -0.15) is 0 Å². The number of aromatic nitrogens is 3. The van der Waals surface area contributed by atoms with Crippen molar-refractivity contribution >= 4 is 23.6 Å². The lowest BCUT2D eigenvalue weighted by atomic mass is 10.2. The Bertz CT molecular complexity index is 1010. The van der Waals surface area contributed by atoms with E-state index in [0.717, 1.165) is 11.8 Å². The van der Waals surface area contributed by atoms with E-state index < -0.39 is 23.4 Å². The van der Waals surface area contributed by atoms with Crippen molar-refractivity contribution in [3.05, 3.63) is 60.2 Å². The number of nitrogens with zero attached hydrogens (tertiary/aromatic N) is 3. The highest BCUT2D eigenvalue weighted by Gasteiger charge is 2.19. The fraction of sp³-hybridized carbons (Fsp3) is 0.111. The van der Waals surface area contributed by atoms with E-state index in [1.54, 1.807) is 18.2 Å². The van der Waals surface area contributed by atoms with E-state index in [1.165, 1.54) is 34.9 Å². The molecule has 1 heterocycles. The molecule has 0 saturated heterocycles. The number of nitrogens with two attached hydrogens (primary N) is 1. The van der Waals surface area contributed by atoms with Crippen molar-refractivity contribution in [2.24, 2.45) is 5.73 Å². The van der Waals surface area contributed by atoms with Crippen LogP contribution in [0.25, 0.3) is 17.1 Å². The molecule has 7 nitrogen and oxygen atoms in total. The number of primary amides is 1. The lowest BCUT2D eigenvalue weighted by molar-refractivity contribution is -0.123. The maximum absolute atomic E-state index is 14.3. The van der Waals surface area contributed by atoms with Crippen LogP contribution >= 0.6 is 11.8 Å². The molecule has 0 bridgehead atoms. The first-order chi connectivity index (χ1) is 13.5. The Labute approximate surface area is 162 Å². The van der Waals surface area contributed by atoms with E-state index in [4.69, 9.17) is 5.73 Å². The molecule has 0 unspecified atom stereocenters. The van der Waals surface area contributed by atoms with Crippen molar-refractivity contribution in [2.45, 2.75) is 5.16 Å². The Morgan fingerprint density at radius 3 is 2.46 bits per heavy atom. The largest absolute Gasteiger partial charge is 0.368 e. The zero-order valence-corrected chi connectivity index (χ0v) is 15.2. The molecule has 0 aliphatic carbocycles. The first-order valence-electron chi connectivity index (χ1n) is 8.10. The Morgan fingerprint density at radius 2 is 1.79 bits per heavy atom. The van der Waals surface area contributed by atoms with Crippen molar-refractivity contribution in [1.82, 2.24) is 20.1 Å². The van der Waals surface area contributed by atoms with Crippen molar-refractivity contribution in [2.75, 3.05) is 12.3 Å². The summed E-state index contributed by atoms with van der Waals surface area (Å²) in [6.45, 7) is -0.273. The molecule has 3 rings (SSSR count). The fourth-order valence-electron chi connectivity index (χ4n) is 2.37. The smallest absolute Gasteiger partial charge is 0.236 e. The molecular formula is C18H15F2N5O2S. The summed E-state index contributed by atoms with van der Waals surface area (Å²) < 4.78 is 29.1. The van der Waals surface area contributed by atoms with Crippen LogP contribution in [0.3, 0.4) is 0 Å². The number of nitrogens with one attached hydrogen (secondary N) is 1. The van der Waals surface area contributed by atoms with Crippen molar-refractivity contribution in [3.8, 4) is 17.1 Å². The van der Waals surface area contributed by atoms with Crippen LogP contribution in [-0.4, -0.2) is 38.9 Å². The zero-order chi connectivity index (χ0) is 20.1. The van der Waals surface area contributed by atoms with Crippen LogP contribution < -0.4 is 11.1 Å². The average molecular weight is 403 g/mol. The monoisotopic (exact) mass is 403 g/mol. The molecule has 2 aromatic carbocycles. The molecule has 0 spiro atoms. The zero-order valence-electron chi connectivity index (χ0n) is 14.4. The first kappa shape index (κ1) is 19.5. The van der Waals surface area contributed by atoms with Crippen molar-refractivity contribution < 1.29 is 18.4 Å². The maximum Gasteiger partial charge on any atom is 0.236 e. The van der Waals surface area contributed by atoms with Gasteiger partial charge in [0.15, 0.2) is 11.0 Å². The lowest BCUT2D eigenvalue weighted by Gasteiger charge is -2.11. The molecule has 0 atom stereocenters. The first-order valence-corrected chi connectivity index (χ1v) is 9.08. The third-order valence-corrected chi connectivity index (χ3v) is 4.55. The quantitative estimate of drug-likeness (QED) is 0.587. The molecule has 144 valence electrons. The second-order valence-electron chi connectivity index (χ2n) is 5.63. The predicted molar refractivity (Wildman–Crippen MR) is 99.6 cm³/mol. The van der Waals surface area contributed by atoms with Crippen LogP contribution in [0.5, 0.6) is 0 Å². The SMILES string of the molecule is NC(=O)CNC(=O)CSc1nnc(-c2ccccc2F)n1-c1ccc(F)cc1. The minimum atomic E-state index is -0.658. The predicted octanol–water partition coefficient (Wildman–Crippen LogP) is 1.91. The van der Waals surface area contributed by atoms with Gasteiger partial charge in [0.25, 0.3) is 0 Å². The molecule has 0 radical (unpaired) electrons. The van der Waals surface area contributed by atoms with Gasteiger partial charge in [-0.1, -0.05) is 23.9 Å². The van der Waals surface area contributed by atoms with E-state index in [2.05, 4.69) is 15.5 Å². The summed E-state index contributed by atoms with van der Waals surface area (Å²) in [6.07, 6.45) is 0. The van der Waals surface area contributed by atoms with E-state index in [0.29, 0.717) is 10.8 Å². The van der Waals surface area contributed by atoms with Crippen LogP contribution in [-0.2, 0) is 9.59 Å². The summed E-state index contributed by atoms with van der Waals surface area (Å²) in [6, 6.07) is 11.6. The van der Waals surface area contributed by atoms with Crippen LogP contribution in [0.1, 0.15) is 0 Å². The van der Waals surface area contributed by atoms with Gasteiger partial charge in [0.2, 0.25) is 11.8 Å². The van der Waals surface area contributed by atoms with E-state index in [1.807, 2.05) is 0 Å². The average Bonchev–Trinajstić information content (AvgIpc) is 3.09. The van der Waals surface area contributed by atoms with E-state index in [-0.39, 0.29) is 23.7 Å². The molecule has 2 amide bonds.